The van der Waals surface area contributed by atoms with Gasteiger partial charge in [-0.1, -0.05) is 0 Å². The SMILES string of the molecule is Cc1cc2[nH]c(-c3c(NC(C)c4ncccn4)c4nn(C)cc4[nH]c3=O)nc2cc1C(F)(F)F. The highest BCUT2D eigenvalue weighted by molar-refractivity contribution is 5.96. The largest absolute Gasteiger partial charge is 0.416 e. The maximum Gasteiger partial charge on any atom is 0.416 e. The molecule has 12 heteroatoms. The number of alkyl halides is 3. The monoisotopic (exact) mass is 468 g/mol. The number of aryl methyl sites for hydroxylation is 2. The van der Waals surface area contributed by atoms with Crippen LogP contribution in [0.25, 0.3) is 33.5 Å². The van der Waals surface area contributed by atoms with Crippen molar-refractivity contribution in [1.29, 1.82) is 0 Å². The molecule has 0 bridgehead atoms. The average molecular weight is 468 g/mol. The van der Waals surface area contributed by atoms with Gasteiger partial charge in [0.15, 0.2) is 0 Å². The lowest BCUT2D eigenvalue weighted by atomic mass is 10.1. The van der Waals surface area contributed by atoms with Crippen LogP contribution < -0.4 is 10.9 Å². The number of benzene rings is 1. The van der Waals surface area contributed by atoms with Gasteiger partial charge in [-0.3, -0.25) is 9.48 Å². The molecule has 1 atom stereocenters. The van der Waals surface area contributed by atoms with Crippen molar-refractivity contribution in [3.8, 4) is 11.4 Å². The van der Waals surface area contributed by atoms with Gasteiger partial charge in [-0.25, -0.2) is 15.0 Å². The Kier molecular flexibility index (Phi) is 4.88. The third kappa shape index (κ3) is 3.66. The number of halogens is 3. The molecular formula is C22H19F3N8O. The maximum absolute atomic E-state index is 13.4. The number of aromatic amines is 2. The van der Waals surface area contributed by atoms with Crippen molar-refractivity contribution in [2.75, 3.05) is 5.32 Å². The van der Waals surface area contributed by atoms with E-state index in [1.54, 1.807) is 36.4 Å². The van der Waals surface area contributed by atoms with Crippen molar-refractivity contribution in [2.24, 2.45) is 7.05 Å². The zero-order chi connectivity index (χ0) is 24.2. The van der Waals surface area contributed by atoms with Crippen LogP contribution >= 0.6 is 0 Å². The maximum atomic E-state index is 13.4. The number of H-pyrrole nitrogens is 2. The molecule has 0 saturated heterocycles. The van der Waals surface area contributed by atoms with E-state index >= 15 is 0 Å². The minimum absolute atomic E-state index is 0.0532. The number of nitrogens with one attached hydrogen (secondary N) is 3. The highest BCUT2D eigenvalue weighted by Crippen LogP contribution is 2.36. The summed E-state index contributed by atoms with van der Waals surface area (Å²) in [6, 6.07) is 3.63. The summed E-state index contributed by atoms with van der Waals surface area (Å²) >= 11 is 0. The summed E-state index contributed by atoms with van der Waals surface area (Å²) in [7, 11) is 1.72. The van der Waals surface area contributed by atoms with E-state index in [0.29, 0.717) is 28.1 Å². The molecular weight excluding hydrogens is 449 g/mol. The standard InChI is InChI=1S/C22H19F3N8O/c1-10-7-13-14(8-12(10)22(23,24)25)30-20(29-13)16-18(28-11(2)19-26-5-4-6-27-19)17-15(31-21(16)34)9-33(3)32-17/h4-9,11,28H,1-3H3,(H,29,30)(H,31,34). The summed E-state index contributed by atoms with van der Waals surface area (Å²) < 4.78 is 41.7. The minimum atomic E-state index is -4.51. The van der Waals surface area contributed by atoms with E-state index in [0.717, 1.165) is 6.07 Å². The molecule has 9 nitrogen and oxygen atoms in total. The van der Waals surface area contributed by atoms with Gasteiger partial charge in [-0.15, -0.1) is 0 Å². The van der Waals surface area contributed by atoms with Gasteiger partial charge in [0.2, 0.25) is 0 Å². The number of fused-ring (bicyclic) bond motifs is 2. The molecule has 0 fully saturated rings. The number of hydrogen-bond donors (Lipinski definition) is 3. The van der Waals surface area contributed by atoms with Gasteiger partial charge in [-0.05, 0) is 37.6 Å². The van der Waals surface area contributed by atoms with Crippen molar-refractivity contribution in [3.63, 3.8) is 0 Å². The molecule has 0 radical (unpaired) electrons. The number of hydrogen-bond acceptors (Lipinski definition) is 6. The molecule has 3 N–H and O–H groups in total. The molecule has 174 valence electrons. The molecule has 0 aliphatic heterocycles. The summed E-state index contributed by atoms with van der Waals surface area (Å²) in [5, 5.41) is 7.71. The van der Waals surface area contributed by atoms with E-state index in [9.17, 15) is 18.0 Å². The Morgan fingerprint density at radius 3 is 2.56 bits per heavy atom. The summed E-state index contributed by atoms with van der Waals surface area (Å²) in [4.78, 5) is 31.7. The second kappa shape index (κ2) is 7.68. The summed E-state index contributed by atoms with van der Waals surface area (Å²) in [6.07, 6.45) is 0.358. The number of rotatable bonds is 4. The summed E-state index contributed by atoms with van der Waals surface area (Å²) in [6.45, 7) is 3.21. The van der Waals surface area contributed by atoms with Crippen molar-refractivity contribution >= 4 is 27.8 Å². The van der Waals surface area contributed by atoms with Gasteiger partial charge in [-0.2, -0.15) is 18.3 Å². The Labute approximate surface area is 190 Å². The first-order valence-corrected chi connectivity index (χ1v) is 10.3. The number of anilines is 1. The van der Waals surface area contributed by atoms with E-state index in [1.165, 1.54) is 13.0 Å². The Hall–Kier alpha value is -4.22. The second-order valence-corrected chi connectivity index (χ2v) is 8.01. The molecule has 1 aromatic carbocycles. The van der Waals surface area contributed by atoms with Gasteiger partial charge < -0.3 is 15.3 Å². The van der Waals surface area contributed by atoms with E-state index in [4.69, 9.17) is 0 Å². The summed E-state index contributed by atoms with van der Waals surface area (Å²) in [5.74, 6) is 0.610. The second-order valence-electron chi connectivity index (χ2n) is 8.01. The van der Waals surface area contributed by atoms with E-state index < -0.39 is 23.3 Å². The fourth-order valence-corrected chi connectivity index (χ4v) is 3.95. The Morgan fingerprint density at radius 1 is 1.12 bits per heavy atom. The van der Waals surface area contributed by atoms with Crippen molar-refractivity contribution in [2.45, 2.75) is 26.1 Å². The number of nitrogens with zero attached hydrogens (tertiary/aromatic N) is 5. The first-order chi connectivity index (χ1) is 16.1. The van der Waals surface area contributed by atoms with Crippen LogP contribution in [0, 0.1) is 6.92 Å². The number of imidazole rings is 1. The Morgan fingerprint density at radius 2 is 1.85 bits per heavy atom. The molecule has 0 aliphatic carbocycles. The fourth-order valence-electron chi connectivity index (χ4n) is 3.95. The van der Waals surface area contributed by atoms with Crippen LogP contribution in [0.15, 0.2) is 41.6 Å². The normalized spacial score (nSPS) is 13.0. The van der Waals surface area contributed by atoms with Gasteiger partial charge in [0.1, 0.15) is 22.7 Å². The number of pyridine rings is 1. The molecule has 34 heavy (non-hydrogen) atoms. The van der Waals surface area contributed by atoms with Crippen molar-refractivity contribution in [1.82, 2.24) is 34.7 Å². The average Bonchev–Trinajstić information content (AvgIpc) is 3.34. The lowest BCUT2D eigenvalue weighted by molar-refractivity contribution is -0.137. The van der Waals surface area contributed by atoms with Gasteiger partial charge in [0.25, 0.3) is 5.56 Å². The Balaban J connectivity index is 1.72. The minimum Gasteiger partial charge on any atom is -0.373 e. The van der Waals surface area contributed by atoms with Crippen LogP contribution in [-0.4, -0.2) is 34.7 Å². The molecule has 0 spiro atoms. The van der Waals surface area contributed by atoms with Crippen molar-refractivity contribution < 1.29 is 13.2 Å². The van der Waals surface area contributed by atoms with Gasteiger partial charge >= 0.3 is 6.18 Å². The molecule has 5 aromatic rings. The molecule has 5 rings (SSSR count). The van der Waals surface area contributed by atoms with Crippen LogP contribution in [0.4, 0.5) is 18.9 Å². The zero-order valence-electron chi connectivity index (χ0n) is 18.3. The first-order valence-electron chi connectivity index (χ1n) is 10.3. The fraction of sp³-hybridized carbons (Fsp3) is 0.227. The third-order valence-corrected chi connectivity index (χ3v) is 5.49. The predicted octanol–water partition coefficient (Wildman–Crippen LogP) is 4.10. The molecule has 4 heterocycles. The highest BCUT2D eigenvalue weighted by atomic mass is 19.4. The van der Waals surface area contributed by atoms with E-state index in [-0.39, 0.29) is 22.5 Å². The van der Waals surface area contributed by atoms with Crippen LogP contribution in [0.3, 0.4) is 0 Å². The molecule has 0 aliphatic rings. The smallest absolute Gasteiger partial charge is 0.373 e. The topological polar surface area (TPSA) is 117 Å². The Bertz CT molecular complexity index is 1580. The molecule has 4 aromatic heterocycles. The van der Waals surface area contributed by atoms with Gasteiger partial charge in [0, 0.05) is 25.6 Å². The zero-order valence-corrected chi connectivity index (χ0v) is 18.3. The lowest BCUT2D eigenvalue weighted by Gasteiger charge is -2.16. The van der Waals surface area contributed by atoms with Crippen LogP contribution in [0.1, 0.15) is 29.9 Å². The number of aromatic nitrogens is 7. The lowest BCUT2D eigenvalue weighted by Crippen LogP contribution is -2.17. The van der Waals surface area contributed by atoms with Gasteiger partial charge in [0.05, 0.1) is 33.8 Å². The molecule has 1 unspecified atom stereocenters. The molecule has 0 saturated carbocycles. The third-order valence-electron chi connectivity index (χ3n) is 5.49. The molecule has 0 amide bonds. The van der Waals surface area contributed by atoms with E-state index in [1.807, 2.05) is 6.92 Å². The first kappa shape index (κ1) is 21.6. The summed E-state index contributed by atoms with van der Waals surface area (Å²) in [5.41, 5.74) is 0.723. The van der Waals surface area contributed by atoms with Crippen LogP contribution in [0.5, 0.6) is 0 Å². The quantitative estimate of drug-likeness (QED) is 0.366. The van der Waals surface area contributed by atoms with Crippen LogP contribution in [0.2, 0.25) is 0 Å². The van der Waals surface area contributed by atoms with E-state index in [2.05, 4.69) is 35.3 Å². The predicted molar refractivity (Wildman–Crippen MR) is 120 cm³/mol. The van der Waals surface area contributed by atoms with Crippen LogP contribution in [-0.2, 0) is 13.2 Å². The highest BCUT2D eigenvalue weighted by Gasteiger charge is 2.33. The van der Waals surface area contributed by atoms with Crippen molar-refractivity contribution in [3.05, 3.63) is 64.1 Å².